The summed E-state index contributed by atoms with van der Waals surface area (Å²) in [5, 5.41) is 0.663. The van der Waals surface area contributed by atoms with Crippen molar-refractivity contribution in [3.8, 4) is 11.6 Å². The standard InChI is InChI=1S/C11H9BrClN3O/c1-6-4-7(13)2-3-9(6)17-10-8(12)5-15-11(14)16-10/h2-5H,1H3,(H2,14,15,16). The van der Waals surface area contributed by atoms with Gasteiger partial charge < -0.3 is 10.5 Å². The number of nitrogens with zero attached hydrogens (tertiary/aromatic N) is 2. The first-order chi connectivity index (χ1) is 8.06. The fourth-order valence-corrected chi connectivity index (χ4v) is 1.77. The van der Waals surface area contributed by atoms with Gasteiger partial charge in [-0.05, 0) is 46.6 Å². The number of hydrogen-bond acceptors (Lipinski definition) is 4. The average Bonchev–Trinajstić information content (AvgIpc) is 2.27. The van der Waals surface area contributed by atoms with E-state index in [9.17, 15) is 0 Å². The second-order valence-electron chi connectivity index (χ2n) is 3.39. The molecule has 0 bridgehead atoms. The smallest absolute Gasteiger partial charge is 0.238 e. The Morgan fingerprint density at radius 2 is 2.18 bits per heavy atom. The van der Waals surface area contributed by atoms with Crippen LogP contribution in [0.1, 0.15) is 5.56 Å². The number of nitrogens with two attached hydrogens (primary N) is 1. The first kappa shape index (κ1) is 12.1. The van der Waals surface area contributed by atoms with E-state index in [4.69, 9.17) is 22.1 Å². The number of nitrogen functional groups attached to an aromatic ring is 1. The van der Waals surface area contributed by atoms with Crippen molar-refractivity contribution in [2.75, 3.05) is 5.73 Å². The van der Waals surface area contributed by atoms with Gasteiger partial charge in [0.2, 0.25) is 11.8 Å². The van der Waals surface area contributed by atoms with Crippen molar-refractivity contribution in [1.82, 2.24) is 9.97 Å². The van der Waals surface area contributed by atoms with E-state index in [1.54, 1.807) is 18.3 Å². The normalized spacial score (nSPS) is 10.3. The van der Waals surface area contributed by atoms with Gasteiger partial charge in [-0.25, -0.2) is 4.98 Å². The Labute approximate surface area is 112 Å². The Hall–Kier alpha value is -1.33. The molecule has 0 aliphatic heterocycles. The number of rotatable bonds is 2. The van der Waals surface area contributed by atoms with Crippen molar-refractivity contribution in [3.63, 3.8) is 0 Å². The van der Waals surface area contributed by atoms with E-state index >= 15 is 0 Å². The number of aryl methyl sites for hydroxylation is 1. The summed E-state index contributed by atoms with van der Waals surface area (Å²) >= 11 is 9.16. The van der Waals surface area contributed by atoms with Crippen LogP contribution < -0.4 is 10.5 Å². The number of anilines is 1. The maximum absolute atomic E-state index is 5.87. The van der Waals surface area contributed by atoms with Gasteiger partial charge in [-0.1, -0.05) is 11.6 Å². The molecule has 0 atom stereocenters. The first-order valence-electron chi connectivity index (χ1n) is 4.78. The molecule has 0 saturated heterocycles. The maximum atomic E-state index is 5.87. The highest BCUT2D eigenvalue weighted by molar-refractivity contribution is 9.10. The number of ether oxygens (including phenoxy) is 1. The van der Waals surface area contributed by atoms with Crippen LogP contribution in [0.15, 0.2) is 28.9 Å². The predicted octanol–water partition coefficient (Wildman–Crippen LogP) is 3.58. The third kappa shape index (κ3) is 2.87. The minimum absolute atomic E-state index is 0.162. The highest BCUT2D eigenvalue weighted by Crippen LogP contribution is 2.30. The third-order valence-electron chi connectivity index (χ3n) is 2.07. The highest BCUT2D eigenvalue weighted by atomic mass is 79.9. The van der Waals surface area contributed by atoms with Crippen LogP contribution in [0.2, 0.25) is 5.02 Å². The zero-order valence-corrected chi connectivity index (χ0v) is 11.3. The van der Waals surface area contributed by atoms with Gasteiger partial charge >= 0.3 is 0 Å². The molecule has 17 heavy (non-hydrogen) atoms. The quantitative estimate of drug-likeness (QED) is 0.920. The number of halogens is 2. The molecule has 1 heterocycles. The van der Waals surface area contributed by atoms with Gasteiger partial charge in [0.1, 0.15) is 5.75 Å². The van der Waals surface area contributed by atoms with Crippen LogP contribution in [0.3, 0.4) is 0 Å². The summed E-state index contributed by atoms with van der Waals surface area (Å²) in [5.41, 5.74) is 6.42. The molecule has 2 N–H and O–H groups in total. The molecule has 88 valence electrons. The summed E-state index contributed by atoms with van der Waals surface area (Å²) in [7, 11) is 0. The zero-order valence-electron chi connectivity index (χ0n) is 8.95. The molecule has 2 aromatic rings. The van der Waals surface area contributed by atoms with Gasteiger partial charge in [0.25, 0.3) is 0 Å². The molecular formula is C11H9BrClN3O. The predicted molar refractivity (Wildman–Crippen MR) is 70.4 cm³/mol. The van der Waals surface area contributed by atoms with Crippen molar-refractivity contribution in [2.45, 2.75) is 6.92 Å². The van der Waals surface area contributed by atoms with Crippen LogP contribution in [-0.2, 0) is 0 Å². The van der Waals surface area contributed by atoms with Crippen LogP contribution in [0, 0.1) is 6.92 Å². The molecule has 0 unspecified atom stereocenters. The fourth-order valence-electron chi connectivity index (χ4n) is 1.27. The summed E-state index contributed by atoms with van der Waals surface area (Å²) in [6.45, 7) is 1.90. The van der Waals surface area contributed by atoms with Crippen molar-refractivity contribution < 1.29 is 4.74 Å². The molecule has 0 saturated carbocycles. The van der Waals surface area contributed by atoms with E-state index < -0.39 is 0 Å². The molecule has 0 spiro atoms. The Morgan fingerprint density at radius 3 is 2.88 bits per heavy atom. The van der Waals surface area contributed by atoms with Crippen LogP contribution in [0.25, 0.3) is 0 Å². The van der Waals surface area contributed by atoms with E-state index in [0.29, 0.717) is 21.1 Å². The second-order valence-corrected chi connectivity index (χ2v) is 4.68. The SMILES string of the molecule is Cc1cc(Cl)ccc1Oc1nc(N)ncc1Br. The van der Waals surface area contributed by atoms with E-state index in [2.05, 4.69) is 25.9 Å². The summed E-state index contributed by atoms with van der Waals surface area (Å²) in [6.07, 6.45) is 1.54. The minimum atomic E-state index is 0.162. The molecule has 0 amide bonds. The molecule has 0 radical (unpaired) electrons. The summed E-state index contributed by atoms with van der Waals surface area (Å²) in [6, 6.07) is 5.35. The lowest BCUT2D eigenvalue weighted by Gasteiger charge is -2.09. The Kier molecular flexibility index (Phi) is 3.49. The van der Waals surface area contributed by atoms with Crippen molar-refractivity contribution in [2.24, 2.45) is 0 Å². The Bertz CT molecular complexity index is 562. The molecule has 0 aliphatic carbocycles. The minimum Gasteiger partial charge on any atom is -0.437 e. The van der Waals surface area contributed by atoms with Gasteiger partial charge in [0.05, 0.1) is 10.7 Å². The molecule has 0 aliphatic rings. The van der Waals surface area contributed by atoms with Gasteiger partial charge in [0, 0.05) is 5.02 Å². The van der Waals surface area contributed by atoms with Crippen molar-refractivity contribution in [1.29, 1.82) is 0 Å². The van der Waals surface area contributed by atoms with E-state index in [0.717, 1.165) is 5.56 Å². The van der Waals surface area contributed by atoms with Crippen LogP contribution in [0.4, 0.5) is 5.95 Å². The summed E-state index contributed by atoms with van der Waals surface area (Å²) < 4.78 is 6.28. The topological polar surface area (TPSA) is 61.0 Å². The first-order valence-corrected chi connectivity index (χ1v) is 5.95. The third-order valence-corrected chi connectivity index (χ3v) is 2.85. The van der Waals surface area contributed by atoms with Crippen molar-refractivity contribution >= 4 is 33.5 Å². The lowest BCUT2D eigenvalue weighted by Crippen LogP contribution is -1.98. The average molecular weight is 315 g/mol. The molecular weight excluding hydrogens is 305 g/mol. The second kappa shape index (κ2) is 4.89. The Morgan fingerprint density at radius 1 is 1.41 bits per heavy atom. The fraction of sp³-hybridized carbons (Fsp3) is 0.0909. The van der Waals surface area contributed by atoms with Crippen LogP contribution >= 0.6 is 27.5 Å². The Balaban J connectivity index is 2.34. The molecule has 1 aromatic heterocycles. The largest absolute Gasteiger partial charge is 0.437 e. The van der Waals surface area contributed by atoms with E-state index in [-0.39, 0.29) is 5.95 Å². The number of benzene rings is 1. The zero-order chi connectivity index (χ0) is 12.4. The number of hydrogen-bond donors (Lipinski definition) is 1. The monoisotopic (exact) mass is 313 g/mol. The van der Waals surface area contributed by atoms with Gasteiger partial charge in [-0.2, -0.15) is 4.98 Å². The summed E-state index contributed by atoms with van der Waals surface area (Å²) in [4.78, 5) is 7.83. The molecule has 6 heteroatoms. The highest BCUT2D eigenvalue weighted by Gasteiger charge is 2.08. The molecule has 1 aromatic carbocycles. The van der Waals surface area contributed by atoms with Gasteiger partial charge in [0.15, 0.2) is 0 Å². The lowest BCUT2D eigenvalue weighted by molar-refractivity contribution is 0.456. The van der Waals surface area contributed by atoms with Crippen molar-refractivity contribution in [3.05, 3.63) is 39.5 Å². The molecule has 0 fully saturated rings. The van der Waals surface area contributed by atoms with Gasteiger partial charge in [-0.3, -0.25) is 0 Å². The lowest BCUT2D eigenvalue weighted by atomic mass is 10.2. The maximum Gasteiger partial charge on any atom is 0.238 e. The molecule has 4 nitrogen and oxygen atoms in total. The number of aromatic nitrogens is 2. The van der Waals surface area contributed by atoms with E-state index in [1.165, 1.54) is 0 Å². The van der Waals surface area contributed by atoms with Crippen LogP contribution in [0.5, 0.6) is 11.6 Å². The van der Waals surface area contributed by atoms with Crippen LogP contribution in [-0.4, -0.2) is 9.97 Å². The van der Waals surface area contributed by atoms with Gasteiger partial charge in [-0.15, -0.1) is 0 Å². The van der Waals surface area contributed by atoms with E-state index in [1.807, 2.05) is 13.0 Å². The summed E-state index contributed by atoms with van der Waals surface area (Å²) in [5.74, 6) is 1.21. The molecule has 2 rings (SSSR count).